The molecule has 1 aliphatic rings. The lowest BCUT2D eigenvalue weighted by molar-refractivity contribution is -0.665. The van der Waals surface area contributed by atoms with Gasteiger partial charge < -0.3 is 4.57 Å². The maximum absolute atomic E-state index is 2.50. The van der Waals surface area contributed by atoms with Gasteiger partial charge in [0.05, 0.1) is 24.3 Å². The first-order chi connectivity index (χ1) is 17.2. The van der Waals surface area contributed by atoms with E-state index in [0.29, 0.717) is 0 Å². The number of para-hydroxylation sites is 3. The van der Waals surface area contributed by atoms with Crippen molar-refractivity contribution in [3.8, 4) is 11.5 Å². The predicted molar refractivity (Wildman–Crippen MR) is 144 cm³/mol. The topological polar surface area (TPSA) is 13.7 Å². The molecule has 1 aliphatic heterocycles. The van der Waals surface area contributed by atoms with Crippen LogP contribution in [-0.4, -0.2) is 9.13 Å². The van der Waals surface area contributed by atoms with Crippen LogP contribution < -0.4 is 4.57 Å². The number of fused-ring (bicyclic) bond motifs is 9. The van der Waals surface area contributed by atoms with Gasteiger partial charge in [0.2, 0.25) is 0 Å². The van der Waals surface area contributed by atoms with Crippen molar-refractivity contribution in [2.45, 2.75) is 13.3 Å². The molecule has 0 bridgehead atoms. The van der Waals surface area contributed by atoms with E-state index in [-0.39, 0.29) is 0 Å². The van der Waals surface area contributed by atoms with Crippen LogP contribution in [0.25, 0.3) is 55.1 Å². The zero-order chi connectivity index (χ0) is 23.3. The van der Waals surface area contributed by atoms with Crippen LogP contribution in [0.3, 0.4) is 0 Å². The Hall–Kier alpha value is -4.37. The van der Waals surface area contributed by atoms with E-state index >= 15 is 0 Å². The van der Waals surface area contributed by atoms with E-state index in [2.05, 4.69) is 125 Å². The third-order valence-corrected chi connectivity index (χ3v) is 7.87. The van der Waals surface area contributed by atoms with Crippen molar-refractivity contribution in [1.29, 1.82) is 0 Å². The van der Waals surface area contributed by atoms with Gasteiger partial charge in [0.25, 0.3) is 5.82 Å². The summed E-state index contributed by atoms with van der Waals surface area (Å²) in [6.07, 6.45) is 3.07. The Balaban J connectivity index is 1.69. The summed E-state index contributed by atoms with van der Waals surface area (Å²) in [6.45, 7) is 2.23. The second-order valence-corrected chi connectivity index (χ2v) is 9.78. The number of benzene rings is 4. The van der Waals surface area contributed by atoms with Crippen LogP contribution in [0.5, 0.6) is 0 Å². The van der Waals surface area contributed by atoms with E-state index in [1.54, 1.807) is 0 Å². The fourth-order valence-corrected chi connectivity index (χ4v) is 6.42. The van der Waals surface area contributed by atoms with Gasteiger partial charge in [-0.05, 0) is 53.9 Å². The average molecular weight is 451 g/mol. The van der Waals surface area contributed by atoms with Gasteiger partial charge in [-0.25, -0.2) is 4.57 Å². The van der Waals surface area contributed by atoms with Gasteiger partial charge in [-0.15, -0.1) is 0 Å². The van der Waals surface area contributed by atoms with Crippen molar-refractivity contribution in [2.24, 2.45) is 7.05 Å². The molecule has 0 spiro atoms. The summed E-state index contributed by atoms with van der Waals surface area (Å²) in [7, 11) is 2.13. The normalized spacial score (nSPS) is 12.7. The number of hydrogen-bond acceptors (Lipinski definition) is 0. The number of rotatable bonds is 1. The number of aryl methyl sites for hydroxylation is 2. The highest BCUT2D eigenvalue weighted by Crippen LogP contribution is 2.46. The summed E-state index contributed by atoms with van der Waals surface area (Å²) < 4.78 is 7.20. The molecular weight excluding hydrogens is 426 g/mol. The Kier molecular flexibility index (Phi) is 3.58. The fourth-order valence-electron chi connectivity index (χ4n) is 6.42. The molecule has 3 heteroatoms. The molecule has 166 valence electrons. The van der Waals surface area contributed by atoms with Crippen LogP contribution in [0.15, 0.2) is 97.2 Å². The van der Waals surface area contributed by atoms with E-state index in [1.807, 2.05) is 0 Å². The minimum atomic E-state index is 0.939. The van der Waals surface area contributed by atoms with E-state index in [1.165, 1.54) is 71.8 Å². The van der Waals surface area contributed by atoms with Crippen LogP contribution in [0.2, 0.25) is 0 Å². The van der Waals surface area contributed by atoms with Gasteiger partial charge in [0, 0.05) is 39.7 Å². The van der Waals surface area contributed by atoms with Crippen molar-refractivity contribution >= 4 is 43.6 Å². The molecule has 0 fully saturated rings. The first-order valence-corrected chi connectivity index (χ1v) is 12.2. The molecule has 0 saturated heterocycles. The smallest absolute Gasteiger partial charge is 0.286 e. The maximum atomic E-state index is 2.50. The molecule has 8 rings (SSSR count). The van der Waals surface area contributed by atoms with Gasteiger partial charge in [-0.3, -0.25) is 0 Å². The Labute approximate surface area is 203 Å². The van der Waals surface area contributed by atoms with E-state index in [0.717, 1.165) is 6.42 Å². The standard InChI is InChI=1S/C32H24N3/c1-20-10-9-13-23-30-25-18-21-11-3-5-14-26(21)34-27-15-6-4-12-22(27)24(32(25)34)19-28(30)35(31(20)23)29-16-7-8-17-33(29)2/h3-17,19H,18H2,1-2H3/q+1. The Morgan fingerprint density at radius 1 is 0.686 bits per heavy atom. The molecule has 4 aromatic carbocycles. The summed E-state index contributed by atoms with van der Waals surface area (Å²) in [4.78, 5) is 0. The van der Waals surface area contributed by atoms with Crippen molar-refractivity contribution in [1.82, 2.24) is 9.13 Å². The van der Waals surface area contributed by atoms with Crippen LogP contribution in [0, 0.1) is 6.92 Å². The minimum Gasteiger partial charge on any atom is -0.309 e. The second-order valence-electron chi connectivity index (χ2n) is 9.78. The summed E-state index contributed by atoms with van der Waals surface area (Å²) in [6, 6.07) is 33.4. The molecular formula is C32H24N3+. The molecule has 35 heavy (non-hydrogen) atoms. The van der Waals surface area contributed by atoms with Crippen LogP contribution in [-0.2, 0) is 13.5 Å². The van der Waals surface area contributed by atoms with Crippen molar-refractivity contribution < 1.29 is 4.57 Å². The van der Waals surface area contributed by atoms with Crippen LogP contribution in [0.1, 0.15) is 16.7 Å². The Morgan fingerprint density at radius 3 is 2.40 bits per heavy atom. The van der Waals surface area contributed by atoms with Crippen molar-refractivity contribution in [3.63, 3.8) is 0 Å². The maximum Gasteiger partial charge on any atom is 0.286 e. The lowest BCUT2D eigenvalue weighted by Gasteiger charge is -2.21. The van der Waals surface area contributed by atoms with Crippen LogP contribution in [0.4, 0.5) is 0 Å². The quantitative estimate of drug-likeness (QED) is 0.241. The van der Waals surface area contributed by atoms with Crippen LogP contribution >= 0.6 is 0 Å². The first kappa shape index (κ1) is 19.0. The van der Waals surface area contributed by atoms with Gasteiger partial charge in [0.15, 0.2) is 0 Å². The number of pyridine rings is 1. The first-order valence-electron chi connectivity index (χ1n) is 12.2. The molecule has 0 atom stereocenters. The number of hydrogen-bond donors (Lipinski definition) is 0. The third-order valence-electron chi connectivity index (χ3n) is 7.87. The molecule has 7 aromatic rings. The monoisotopic (exact) mass is 450 g/mol. The van der Waals surface area contributed by atoms with Gasteiger partial charge in [0.1, 0.15) is 11.0 Å². The van der Waals surface area contributed by atoms with Gasteiger partial charge >= 0.3 is 0 Å². The minimum absolute atomic E-state index is 0.939. The van der Waals surface area contributed by atoms with Gasteiger partial charge in [-0.1, -0.05) is 54.6 Å². The molecule has 0 saturated carbocycles. The van der Waals surface area contributed by atoms with E-state index in [4.69, 9.17) is 0 Å². The fraction of sp³-hybridized carbons (Fsp3) is 0.0938. The summed E-state index contributed by atoms with van der Waals surface area (Å²) in [5.74, 6) is 1.17. The highest BCUT2D eigenvalue weighted by Gasteiger charge is 2.30. The third kappa shape index (κ3) is 2.33. The Morgan fingerprint density at radius 2 is 1.49 bits per heavy atom. The molecule has 0 unspecified atom stereocenters. The SMILES string of the molecule is Cc1cccc2c3c4c5c(cc3n(-c3cccc[n+]3C)c12)c1ccccc1n5-c1ccccc1C4. The lowest BCUT2D eigenvalue weighted by atomic mass is 9.93. The predicted octanol–water partition coefficient (Wildman–Crippen LogP) is 6.92. The summed E-state index contributed by atoms with van der Waals surface area (Å²) in [5.41, 5.74) is 10.6. The Bertz CT molecular complexity index is 2000. The molecule has 0 N–H and O–H groups in total. The largest absolute Gasteiger partial charge is 0.309 e. The molecule has 0 aliphatic carbocycles. The number of aromatic nitrogens is 3. The molecule has 3 nitrogen and oxygen atoms in total. The molecule has 0 radical (unpaired) electrons. The summed E-state index contributed by atoms with van der Waals surface area (Å²) >= 11 is 0. The number of nitrogens with zero attached hydrogens (tertiary/aromatic N) is 3. The van der Waals surface area contributed by atoms with E-state index < -0.39 is 0 Å². The highest BCUT2D eigenvalue weighted by molar-refractivity contribution is 6.22. The van der Waals surface area contributed by atoms with E-state index in [9.17, 15) is 0 Å². The zero-order valence-electron chi connectivity index (χ0n) is 19.8. The highest BCUT2D eigenvalue weighted by atomic mass is 15.1. The molecule has 4 heterocycles. The van der Waals surface area contributed by atoms with Gasteiger partial charge in [-0.2, -0.15) is 4.57 Å². The molecule has 0 amide bonds. The van der Waals surface area contributed by atoms with Crippen molar-refractivity contribution in [2.75, 3.05) is 0 Å². The molecule has 3 aromatic heterocycles. The summed E-state index contributed by atoms with van der Waals surface area (Å²) in [5, 5.41) is 5.35. The van der Waals surface area contributed by atoms with Crippen molar-refractivity contribution in [3.05, 3.63) is 114 Å². The lowest BCUT2D eigenvalue weighted by Crippen LogP contribution is -2.33. The second kappa shape index (κ2) is 6.61. The average Bonchev–Trinajstić information content (AvgIpc) is 3.40. The zero-order valence-corrected chi connectivity index (χ0v) is 19.8.